The van der Waals surface area contributed by atoms with Crippen LogP contribution >= 0.6 is 11.6 Å². The van der Waals surface area contributed by atoms with Crippen LogP contribution < -0.4 is 4.90 Å². The van der Waals surface area contributed by atoms with Gasteiger partial charge in [0, 0.05) is 88.7 Å². The number of halogens is 1. The maximum Gasteiger partial charge on any atom is 0.253 e. The highest BCUT2D eigenvalue weighted by molar-refractivity contribution is 6.30. The number of anilines is 1. The Balaban J connectivity index is 0.938. The number of nitrogens with zero attached hydrogens (tertiary/aromatic N) is 7. The molecule has 2 aromatic carbocycles. The van der Waals surface area contributed by atoms with Crippen molar-refractivity contribution in [3.8, 4) is 0 Å². The molecule has 0 bridgehead atoms. The number of piperazine rings is 1. The molecular formula is C35H42ClN7O3. The molecule has 242 valence electrons. The Bertz CT molecular complexity index is 1620. The summed E-state index contributed by atoms with van der Waals surface area (Å²) in [6, 6.07) is 19.5. The molecule has 7 rings (SSSR count). The van der Waals surface area contributed by atoms with Crippen LogP contribution in [0.1, 0.15) is 40.2 Å². The third kappa shape index (κ3) is 6.91. The molecule has 4 aromatic rings. The summed E-state index contributed by atoms with van der Waals surface area (Å²) in [7, 11) is 0. The van der Waals surface area contributed by atoms with Crippen LogP contribution in [0.25, 0.3) is 5.65 Å². The number of aromatic nitrogens is 3. The van der Waals surface area contributed by atoms with Crippen LogP contribution in [0.15, 0.2) is 66.9 Å². The van der Waals surface area contributed by atoms with Crippen LogP contribution in [0, 0.1) is 0 Å². The van der Waals surface area contributed by atoms with E-state index in [4.69, 9.17) is 26.4 Å². The minimum absolute atomic E-state index is 0.0966. The molecular weight excluding hydrogens is 602 g/mol. The second-order valence-corrected chi connectivity index (χ2v) is 13.1. The van der Waals surface area contributed by atoms with Crippen molar-refractivity contribution < 1.29 is 14.6 Å². The highest BCUT2D eigenvalue weighted by Gasteiger charge is 2.34. The molecule has 0 radical (unpaired) electrons. The van der Waals surface area contributed by atoms with Gasteiger partial charge in [-0.15, -0.1) is 0 Å². The number of piperidine rings is 1. The number of carbonyl (C=O) groups is 1. The van der Waals surface area contributed by atoms with Crippen molar-refractivity contribution in [2.75, 3.05) is 83.6 Å². The maximum absolute atomic E-state index is 13.3. The number of hydrogen-bond donors (Lipinski definition) is 1. The van der Waals surface area contributed by atoms with Gasteiger partial charge in [-0.2, -0.15) is 5.10 Å². The van der Waals surface area contributed by atoms with Crippen molar-refractivity contribution in [1.29, 1.82) is 0 Å². The first-order valence-corrected chi connectivity index (χ1v) is 16.8. The van der Waals surface area contributed by atoms with E-state index in [0.717, 1.165) is 99.4 Å². The normalized spacial score (nSPS) is 19.5. The predicted octanol–water partition coefficient (Wildman–Crippen LogP) is 3.55. The van der Waals surface area contributed by atoms with Gasteiger partial charge in [0.05, 0.1) is 24.5 Å². The zero-order valence-corrected chi connectivity index (χ0v) is 27.0. The topological polar surface area (TPSA) is 89.7 Å². The largest absolute Gasteiger partial charge is 0.385 e. The van der Waals surface area contributed by atoms with Crippen molar-refractivity contribution in [2.45, 2.75) is 24.9 Å². The molecule has 11 heteroatoms. The Morgan fingerprint density at radius 1 is 0.848 bits per heavy atom. The molecule has 3 aliphatic rings. The number of morpholine rings is 1. The zero-order valence-electron chi connectivity index (χ0n) is 26.2. The molecule has 2 aromatic heterocycles. The fourth-order valence-corrected chi connectivity index (χ4v) is 6.96. The van der Waals surface area contributed by atoms with Gasteiger partial charge in [-0.1, -0.05) is 35.9 Å². The van der Waals surface area contributed by atoms with Gasteiger partial charge < -0.3 is 19.6 Å². The van der Waals surface area contributed by atoms with Crippen LogP contribution in [0.2, 0.25) is 5.02 Å². The lowest BCUT2D eigenvalue weighted by molar-refractivity contribution is 0.0118. The first-order valence-electron chi connectivity index (χ1n) is 16.4. The first kappa shape index (κ1) is 31.1. The third-order valence-electron chi connectivity index (χ3n) is 9.76. The van der Waals surface area contributed by atoms with Crippen LogP contribution in [0.5, 0.6) is 0 Å². The van der Waals surface area contributed by atoms with Crippen LogP contribution in [-0.4, -0.2) is 119 Å². The minimum Gasteiger partial charge on any atom is -0.385 e. The summed E-state index contributed by atoms with van der Waals surface area (Å²) < 4.78 is 7.29. The zero-order chi connectivity index (χ0) is 31.5. The van der Waals surface area contributed by atoms with Crippen molar-refractivity contribution >= 4 is 28.8 Å². The summed E-state index contributed by atoms with van der Waals surface area (Å²) in [5, 5.41) is 16.8. The van der Waals surface area contributed by atoms with E-state index >= 15 is 0 Å². The number of amides is 1. The average Bonchev–Trinajstić information content (AvgIpc) is 3.51. The van der Waals surface area contributed by atoms with Gasteiger partial charge in [-0.3, -0.25) is 14.6 Å². The fourth-order valence-electron chi connectivity index (χ4n) is 6.84. The van der Waals surface area contributed by atoms with Crippen LogP contribution in [0.4, 0.5) is 5.69 Å². The molecule has 0 saturated carbocycles. The number of fused-ring (bicyclic) bond motifs is 1. The minimum atomic E-state index is -0.865. The summed E-state index contributed by atoms with van der Waals surface area (Å²) in [5.74, 6) is 0.828. The molecule has 46 heavy (non-hydrogen) atoms. The van der Waals surface area contributed by atoms with Gasteiger partial charge in [0.1, 0.15) is 0 Å². The smallest absolute Gasteiger partial charge is 0.253 e. The second-order valence-electron chi connectivity index (χ2n) is 12.7. The maximum atomic E-state index is 13.3. The quantitative estimate of drug-likeness (QED) is 0.312. The molecule has 0 spiro atoms. The second kappa shape index (κ2) is 13.7. The van der Waals surface area contributed by atoms with E-state index in [-0.39, 0.29) is 5.91 Å². The summed E-state index contributed by atoms with van der Waals surface area (Å²) >= 11 is 6.06. The lowest BCUT2D eigenvalue weighted by Gasteiger charge is -2.39. The van der Waals surface area contributed by atoms with Gasteiger partial charge in [-0.25, -0.2) is 9.50 Å². The number of benzene rings is 2. The number of ether oxygens (including phenoxy) is 1. The Hall–Kier alpha value is -3.54. The Labute approximate surface area is 275 Å². The number of aliphatic hydroxyl groups is 1. The number of rotatable bonds is 8. The van der Waals surface area contributed by atoms with Gasteiger partial charge in [-0.05, 0) is 60.4 Å². The van der Waals surface area contributed by atoms with Gasteiger partial charge in [0.25, 0.3) is 5.91 Å². The van der Waals surface area contributed by atoms with Gasteiger partial charge >= 0.3 is 0 Å². The van der Waals surface area contributed by atoms with Crippen molar-refractivity contribution in [2.24, 2.45) is 0 Å². The third-order valence-corrected chi connectivity index (χ3v) is 10.0. The summed E-state index contributed by atoms with van der Waals surface area (Å²) in [6.07, 6.45) is 3.74. The average molecular weight is 644 g/mol. The molecule has 3 aliphatic heterocycles. The number of carbonyl (C=O) groups excluding carboxylic acids is 1. The van der Waals surface area contributed by atoms with E-state index in [1.54, 1.807) is 0 Å². The van der Waals surface area contributed by atoms with Gasteiger partial charge in [0.2, 0.25) is 0 Å². The lowest BCUT2D eigenvalue weighted by atomic mass is 9.84. The Kier molecular flexibility index (Phi) is 9.24. The SMILES string of the molecule is O=C(c1ccc(Cc2nc3c(N4CCC(O)(c5ccc(Cl)cc5)CC4)cccn3n2)cc1)N1CCN(CCN2CCOCC2)CC1. The number of pyridine rings is 1. The molecule has 0 atom stereocenters. The van der Waals surface area contributed by atoms with E-state index in [2.05, 4.69) is 20.8 Å². The lowest BCUT2D eigenvalue weighted by Crippen LogP contribution is -2.51. The summed E-state index contributed by atoms with van der Waals surface area (Å²) in [5.41, 5.74) is 3.65. The monoisotopic (exact) mass is 643 g/mol. The van der Waals surface area contributed by atoms with Crippen molar-refractivity contribution in [1.82, 2.24) is 29.3 Å². The van der Waals surface area contributed by atoms with Crippen molar-refractivity contribution in [3.63, 3.8) is 0 Å². The van der Waals surface area contributed by atoms with E-state index in [1.807, 2.05) is 70.2 Å². The molecule has 0 unspecified atom stereocenters. The molecule has 1 N–H and O–H groups in total. The van der Waals surface area contributed by atoms with Gasteiger partial charge in [0.15, 0.2) is 11.5 Å². The summed E-state index contributed by atoms with van der Waals surface area (Å²) in [4.78, 5) is 27.3. The van der Waals surface area contributed by atoms with E-state index in [1.165, 1.54) is 0 Å². The van der Waals surface area contributed by atoms with E-state index < -0.39 is 5.60 Å². The van der Waals surface area contributed by atoms with E-state index in [0.29, 0.717) is 37.4 Å². The molecule has 3 saturated heterocycles. The fraction of sp³-hybridized carbons (Fsp3) is 0.457. The molecule has 10 nitrogen and oxygen atoms in total. The molecule has 1 amide bonds. The predicted molar refractivity (Wildman–Crippen MR) is 179 cm³/mol. The first-order chi connectivity index (χ1) is 22.4. The molecule has 3 fully saturated rings. The molecule has 5 heterocycles. The highest BCUT2D eigenvalue weighted by Crippen LogP contribution is 2.36. The Morgan fingerprint density at radius 3 is 2.22 bits per heavy atom. The molecule has 0 aliphatic carbocycles. The van der Waals surface area contributed by atoms with E-state index in [9.17, 15) is 9.90 Å². The van der Waals surface area contributed by atoms with Crippen LogP contribution in [-0.2, 0) is 16.8 Å². The summed E-state index contributed by atoms with van der Waals surface area (Å²) in [6.45, 7) is 10.6. The number of hydrogen-bond acceptors (Lipinski definition) is 8. The van der Waals surface area contributed by atoms with Crippen molar-refractivity contribution in [3.05, 3.63) is 94.4 Å². The standard InChI is InChI=1S/C35H42ClN7O3/c36-30-9-7-29(8-10-30)35(45)11-14-41(15-12-35)31-2-1-13-43-33(31)37-32(38-43)26-27-3-5-28(6-4-27)34(44)42-20-18-39(19-21-42)16-17-40-22-24-46-25-23-40/h1-10,13,45H,11-12,14-26H2. The van der Waals surface area contributed by atoms with Crippen LogP contribution in [0.3, 0.4) is 0 Å². The highest BCUT2D eigenvalue weighted by atomic mass is 35.5. The Morgan fingerprint density at radius 2 is 1.52 bits per heavy atom.